The number of Topliss-reactive ketones (excluding diaryl/α,β-unsaturated/α-hetero) is 1. The first-order valence-electron chi connectivity index (χ1n) is 3.44. The molecule has 0 fully saturated rings. The normalized spacial score (nSPS) is 12.0. The minimum Gasteiger partial charge on any atom is -0.453 e. The first kappa shape index (κ1) is 11.4. The second-order valence-electron chi connectivity index (χ2n) is 2.36. The van der Waals surface area contributed by atoms with Crippen LogP contribution in [0.2, 0.25) is 0 Å². The van der Waals surface area contributed by atoms with Gasteiger partial charge in [-0.2, -0.15) is 0 Å². The van der Waals surface area contributed by atoms with E-state index in [0.717, 1.165) is 0 Å². The maximum absolute atomic E-state index is 11.1. The van der Waals surface area contributed by atoms with Gasteiger partial charge in [-0.3, -0.25) is 4.79 Å². The SMILES string of the molecule is COC(=O)N(C)C(C)C(=O)CBr. The second kappa shape index (κ2) is 5.13. The van der Waals surface area contributed by atoms with Crippen LogP contribution in [0, 0.1) is 0 Å². The summed E-state index contributed by atoms with van der Waals surface area (Å²) in [5.41, 5.74) is 0. The molecule has 70 valence electrons. The molecule has 0 aliphatic heterocycles. The molecule has 5 heteroatoms. The number of likely N-dealkylation sites (N-methyl/N-ethyl adjacent to an activating group) is 1. The Kier molecular flexibility index (Phi) is 4.89. The fourth-order valence-electron chi connectivity index (χ4n) is 0.630. The van der Waals surface area contributed by atoms with Gasteiger partial charge < -0.3 is 9.64 Å². The highest BCUT2D eigenvalue weighted by molar-refractivity contribution is 9.09. The lowest BCUT2D eigenvalue weighted by Crippen LogP contribution is -2.40. The average molecular weight is 238 g/mol. The molecular weight excluding hydrogens is 226 g/mol. The minimum atomic E-state index is -0.503. The number of ketones is 1. The average Bonchev–Trinajstić information content (AvgIpc) is 2.12. The van der Waals surface area contributed by atoms with Crippen molar-refractivity contribution in [3.05, 3.63) is 0 Å². The van der Waals surface area contributed by atoms with Crippen LogP contribution in [0.5, 0.6) is 0 Å². The number of methoxy groups -OCH3 is 1. The molecule has 0 heterocycles. The van der Waals surface area contributed by atoms with Crippen LogP contribution < -0.4 is 0 Å². The van der Waals surface area contributed by atoms with Crippen molar-refractivity contribution in [2.75, 3.05) is 19.5 Å². The van der Waals surface area contributed by atoms with E-state index in [-0.39, 0.29) is 11.1 Å². The van der Waals surface area contributed by atoms with Gasteiger partial charge in [-0.25, -0.2) is 4.79 Å². The van der Waals surface area contributed by atoms with E-state index in [2.05, 4.69) is 20.7 Å². The summed E-state index contributed by atoms with van der Waals surface area (Å²) in [5.74, 6) is -0.0529. The highest BCUT2D eigenvalue weighted by Crippen LogP contribution is 2.01. The Morgan fingerprint density at radius 1 is 1.58 bits per heavy atom. The Bertz CT molecular complexity index is 163. The fraction of sp³-hybridized carbons (Fsp3) is 0.714. The molecule has 0 aromatic carbocycles. The quantitative estimate of drug-likeness (QED) is 0.690. The van der Waals surface area contributed by atoms with Crippen molar-refractivity contribution < 1.29 is 14.3 Å². The number of alkyl halides is 1. The molecule has 0 spiro atoms. The molecule has 0 saturated carbocycles. The predicted molar refractivity (Wildman–Crippen MR) is 48.4 cm³/mol. The van der Waals surface area contributed by atoms with Gasteiger partial charge in [0, 0.05) is 7.05 Å². The lowest BCUT2D eigenvalue weighted by molar-refractivity contribution is -0.120. The molecule has 1 atom stereocenters. The van der Waals surface area contributed by atoms with Crippen molar-refractivity contribution in [3.63, 3.8) is 0 Å². The van der Waals surface area contributed by atoms with E-state index in [9.17, 15) is 9.59 Å². The summed E-state index contributed by atoms with van der Waals surface area (Å²) in [6.07, 6.45) is -0.503. The molecule has 1 amide bonds. The zero-order valence-electron chi connectivity index (χ0n) is 7.33. The topological polar surface area (TPSA) is 46.6 Å². The summed E-state index contributed by atoms with van der Waals surface area (Å²) >= 11 is 3.03. The van der Waals surface area contributed by atoms with Crippen LogP contribution in [0.1, 0.15) is 6.92 Å². The van der Waals surface area contributed by atoms with Gasteiger partial charge in [-0.05, 0) is 6.92 Å². The van der Waals surface area contributed by atoms with Crippen LogP contribution in [-0.2, 0) is 9.53 Å². The van der Waals surface area contributed by atoms with Crippen molar-refractivity contribution in [3.8, 4) is 0 Å². The first-order valence-corrected chi connectivity index (χ1v) is 4.56. The number of ether oxygens (including phenoxy) is 1. The van der Waals surface area contributed by atoms with Crippen molar-refractivity contribution >= 4 is 27.8 Å². The van der Waals surface area contributed by atoms with Crippen molar-refractivity contribution in [2.24, 2.45) is 0 Å². The van der Waals surface area contributed by atoms with Crippen LogP contribution in [0.25, 0.3) is 0 Å². The van der Waals surface area contributed by atoms with Gasteiger partial charge in [-0.1, -0.05) is 15.9 Å². The summed E-state index contributed by atoms with van der Waals surface area (Å²) in [6, 6.07) is -0.447. The molecule has 0 aromatic rings. The molecule has 0 aliphatic carbocycles. The molecule has 0 bridgehead atoms. The fourth-order valence-corrected chi connectivity index (χ4v) is 1.10. The lowest BCUT2D eigenvalue weighted by Gasteiger charge is -2.21. The molecule has 0 N–H and O–H groups in total. The smallest absolute Gasteiger partial charge is 0.409 e. The number of rotatable bonds is 3. The van der Waals surface area contributed by atoms with E-state index in [1.54, 1.807) is 6.92 Å². The number of amides is 1. The van der Waals surface area contributed by atoms with E-state index in [1.165, 1.54) is 19.1 Å². The molecule has 0 saturated heterocycles. The Hall–Kier alpha value is -0.580. The Labute approximate surface area is 80.0 Å². The van der Waals surface area contributed by atoms with Gasteiger partial charge in [0.2, 0.25) is 0 Å². The standard InChI is InChI=1S/C7H12BrNO3/c1-5(6(10)4-8)9(2)7(11)12-3/h5H,4H2,1-3H3. The largest absolute Gasteiger partial charge is 0.453 e. The maximum Gasteiger partial charge on any atom is 0.409 e. The van der Waals surface area contributed by atoms with Gasteiger partial charge in [0.05, 0.1) is 18.5 Å². The summed E-state index contributed by atoms with van der Waals surface area (Å²) in [6.45, 7) is 1.65. The molecule has 12 heavy (non-hydrogen) atoms. The van der Waals surface area contributed by atoms with Crippen molar-refractivity contribution in [2.45, 2.75) is 13.0 Å². The Morgan fingerprint density at radius 3 is 2.42 bits per heavy atom. The van der Waals surface area contributed by atoms with E-state index < -0.39 is 12.1 Å². The number of carbonyl (C=O) groups excluding carboxylic acids is 2. The highest BCUT2D eigenvalue weighted by atomic mass is 79.9. The number of hydrogen-bond donors (Lipinski definition) is 0. The second-order valence-corrected chi connectivity index (χ2v) is 2.92. The first-order chi connectivity index (χ1) is 5.54. The predicted octanol–water partition coefficient (Wildman–Crippen LogP) is 1.04. The lowest BCUT2D eigenvalue weighted by atomic mass is 10.2. The van der Waals surface area contributed by atoms with Gasteiger partial charge in [0.1, 0.15) is 0 Å². The zero-order chi connectivity index (χ0) is 9.72. The Morgan fingerprint density at radius 2 is 2.08 bits per heavy atom. The van der Waals surface area contributed by atoms with Gasteiger partial charge >= 0.3 is 6.09 Å². The van der Waals surface area contributed by atoms with Gasteiger partial charge in [0.25, 0.3) is 0 Å². The molecule has 0 aromatic heterocycles. The van der Waals surface area contributed by atoms with E-state index in [1.807, 2.05) is 0 Å². The minimum absolute atomic E-state index is 0.0529. The van der Waals surface area contributed by atoms with Crippen molar-refractivity contribution in [1.82, 2.24) is 4.90 Å². The van der Waals surface area contributed by atoms with E-state index in [4.69, 9.17) is 0 Å². The van der Waals surface area contributed by atoms with Gasteiger partial charge in [0.15, 0.2) is 5.78 Å². The number of hydrogen-bond acceptors (Lipinski definition) is 3. The maximum atomic E-state index is 11.1. The summed E-state index contributed by atoms with van der Waals surface area (Å²) in [5, 5.41) is 0.246. The molecule has 0 rings (SSSR count). The zero-order valence-corrected chi connectivity index (χ0v) is 8.92. The third-order valence-corrected chi connectivity index (χ3v) is 2.19. The van der Waals surface area contributed by atoms with Crippen LogP contribution in [0.4, 0.5) is 4.79 Å². The third kappa shape index (κ3) is 2.81. The summed E-state index contributed by atoms with van der Waals surface area (Å²) in [7, 11) is 2.81. The number of nitrogens with zero attached hydrogens (tertiary/aromatic N) is 1. The van der Waals surface area contributed by atoms with Crippen molar-refractivity contribution in [1.29, 1.82) is 0 Å². The van der Waals surface area contributed by atoms with Gasteiger partial charge in [-0.15, -0.1) is 0 Å². The van der Waals surface area contributed by atoms with Crippen LogP contribution in [0.3, 0.4) is 0 Å². The van der Waals surface area contributed by atoms with E-state index >= 15 is 0 Å². The third-order valence-electron chi connectivity index (χ3n) is 1.64. The molecule has 1 unspecified atom stereocenters. The summed E-state index contributed by atoms with van der Waals surface area (Å²) < 4.78 is 4.45. The molecule has 0 aliphatic rings. The van der Waals surface area contributed by atoms with E-state index in [0.29, 0.717) is 0 Å². The Balaban J connectivity index is 4.18. The van der Waals surface area contributed by atoms with Crippen LogP contribution in [0.15, 0.2) is 0 Å². The summed E-state index contributed by atoms with van der Waals surface area (Å²) in [4.78, 5) is 23.2. The monoisotopic (exact) mass is 237 g/mol. The number of halogens is 1. The number of carbonyl (C=O) groups is 2. The molecule has 0 radical (unpaired) electrons. The highest BCUT2D eigenvalue weighted by Gasteiger charge is 2.21. The van der Waals surface area contributed by atoms with Crippen LogP contribution in [-0.4, -0.2) is 42.3 Å². The van der Waals surface area contributed by atoms with Crippen LogP contribution >= 0.6 is 15.9 Å². The molecular formula is C7H12BrNO3. The molecule has 4 nitrogen and oxygen atoms in total.